The van der Waals surface area contributed by atoms with E-state index in [-0.39, 0.29) is 18.2 Å². The third-order valence-electron chi connectivity index (χ3n) is 5.33. The smallest absolute Gasteiger partial charge is 0.240 e. The van der Waals surface area contributed by atoms with Gasteiger partial charge in [-0.05, 0) is 66.8 Å². The number of benzene rings is 2. The number of para-hydroxylation sites is 2. The van der Waals surface area contributed by atoms with Crippen LogP contribution in [0.4, 0.5) is 11.5 Å². The Morgan fingerprint density at radius 3 is 2.69 bits per heavy atom. The molecule has 4 aromatic rings. The highest BCUT2D eigenvalue weighted by Gasteiger charge is 2.22. The second-order valence-electron chi connectivity index (χ2n) is 7.98. The molecule has 2 aromatic carbocycles. The number of fused-ring (bicyclic) bond motifs is 1. The van der Waals surface area contributed by atoms with Gasteiger partial charge in [-0.2, -0.15) is 0 Å². The highest BCUT2D eigenvalue weighted by atomic mass is 16.6. The second-order valence-corrected chi connectivity index (χ2v) is 7.98. The van der Waals surface area contributed by atoms with Crippen LogP contribution in [0.3, 0.4) is 0 Å². The van der Waals surface area contributed by atoms with Crippen molar-refractivity contribution in [1.82, 2.24) is 19.9 Å². The van der Waals surface area contributed by atoms with Crippen LogP contribution in [0.2, 0.25) is 0 Å². The first-order valence-electron chi connectivity index (χ1n) is 11.1. The number of nitrogens with zero attached hydrogens (tertiary/aromatic N) is 5. The lowest BCUT2D eigenvalue weighted by atomic mass is 10.1. The Morgan fingerprint density at radius 1 is 1.17 bits per heavy atom. The van der Waals surface area contributed by atoms with Gasteiger partial charge in [0.15, 0.2) is 17.3 Å². The molecule has 0 saturated carbocycles. The number of rotatable bonds is 11. The molecule has 0 radical (unpaired) electrons. The van der Waals surface area contributed by atoms with Crippen LogP contribution in [-0.2, 0) is 11.3 Å². The molecular formula is C24H26N8O3. The predicted molar refractivity (Wildman–Crippen MR) is 134 cm³/mol. The maximum Gasteiger partial charge on any atom is 0.240 e. The minimum atomic E-state index is -0.631. The first kappa shape index (κ1) is 23.8. The monoisotopic (exact) mass is 474 g/mol. The van der Waals surface area contributed by atoms with Gasteiger partial charge in [0.2, 0.25) is 11.7 Å². The van der Waals surface area contributed by atoms with Gasteiger partial charge in [-0.3, -0.25) is 9.59 Å². The molecule has 1 atom stereocenters. The predicted octanol–water partition coefficient (Wildman–Crippen LogP) is 2.76. The molecule has 0 aliphatic rings. The Hall–Kier alpha value is -4.38. The molecule has 0 aliphatic heterocycles. The van der Waals surface area contributed by atoms with E-state index in [9.17, 15) is 9.59 Å². The van der Waals surface area contributed by atoms with Crippen molar-refractivity contribution >= 4 is 40.9 Å². The van der Waals surface area contributed by atoms with Crippen molar-refractivity contribution in [3.63, 3.8) is 0 Å². The van der Waals surface area contributed by atoms with E-state index in [1.54, 1.807) is 35.8 Å². The fourth-order valence-electron chi connectivity index (χ4n) is 3.50. The molecule has 11 heteroatoms. The lowest BCUT2D eigenvalue weighted by molar-refractivity contribution is -0.117. The molecule has 1 amide bonds. The number of nitrogens with two attached hydrogens (primary N) is 1. The van der Waals surface area contributed by atoms with E-state index in [2.05, 4.69) is 32.7 Å². The molecule has 4 N–H and O–H groups in total. The second kappa shape index (κ2) is 10.7. The van der Waals surface area contributed by atoms with Crippen molar-refractivity contribution in [1.29, 1.82) is 0 Å². The molecule has 0 bridgehead atoms. The third-order valence-corrected chi connectivity index (χ3v) is 5.33. The lowest BCUT2D eigenvalue weighted by Gasteiger charge is -2.10. The topological polar surface area (TPSA) is 153 Å². The van der Waals surface area contributed by atoms with Crippen LogP contribution in [0.5, 0.6) is 0 Å². The molecule has 4 rings (SSSR count). The maximum atomic E-state index is 13.2. The number of carbonyl (C=O) groups is 2. The fraction of sp³-hybridized carbons (Fsp3) is 0.250. The van der Waals surface area contributed by atoms with Crippen molar-refractivity contribution in [2.45, 2.75) is 25.9 Å². The Labute approximate surface area is 201 Å². The summed E-state index contributed by atoms with van der Waals surface area (Å²) in [5, 5.41) is 13.9. The van der Waals surface area contributed by atoms with E-state index >= 15 is 0 Å². The van der Waals surface area contributed by atoms with Gasteiger partial charge in [-0.25, -0.2) is 9.61 Å². The summed E-state index contributed by atoms with van der Waals surface area (Å²) >= 11 is 0. The quantitative estimate of drug-likeness (QED) is 0.170. The number of ketones is 1. The summed E-state index contributed by atoms with van der Waals surface area (Å²) in [6.07, 6.45) is 0.769. The van der Waals surface area contributed by atoms with Crippen molar-refractivity contribution < 1.29 is 14.2 Å². The average Bonchev–Trinajstić information content (AvgIpc) is 3.46. The number of aliphatic imine (C=N–C) groups is 1. The van der Waals surface area contributed by atoms with Gasteiger partial charge in [-0.1, -0.05) is 12.1 Å². The lowest BCUT2D eigenvalue weighted by Crippen LogP contribution is -2.32. The standard InChI is InChI=1S/C24H26N8O3/c1-15(25)24(34)28-17-10-8-16(9-11-17)20(33)14-32-19-7-4-3-6-18(19)29-23(32)21-22(31-35-30-21)27-13-5-12-26-2/h3-4,6-11,15H,2,5,12-14,25H2,1H3,(H,27,31)(H,28,34)/t15-/m0/s1. The fourth-order valence-corrected chi connectivity index (χ4v) is 3.50. The average molecular weight is 475 g/mol. The number of hydrogen-bond acceptors (Lipinski definition) is 9. The molecule has 35 heavy (non-hydrogen) atoms. The number of hydrogen-bond donors (Lipinski definition) is 3. The van der Waals surface area contributed by atoms with Gasteiger partial charge in [0.05, 0.1) is 23.6 Å². The number of carbonyl (C=O) groups excluding carboxylic acids is 2. The Bertz CT molecular complexity index is 1340. The number of aromatic nitrogens is 4. The molecule has 0 fully saturated rings. The molecule has 11 nitrogen and oxygen atoms in total. The van der Waals surface area contributed by atoms with Gasteiger partial charge in [0.25, 0.3) is 0 Å². The number of nitrogens with one attached hydrogen (secondary N) is 2. The third kappa shape index (κ3) is 5.41. The molecule has 180 valence electrons. The van der Waals surface area contributed by atoms with E-state index in [1.807, 2.05) is 24.3 Å². The van der Waals surface area contributed by atoms with Crippen LogP contribution in [0.1, 0.15) is 23.7 Å². The Morgan fingerprint density at radius 2 is 1.94 bits per heavy atom. The highest BCUT2D eigenvalue weighted by Crippen LogP contribution is 2.28. The summed E-state index contributed by atoms with van der Waals surface area (Å²) in [4.78, 5) is 33.5. The highest BCUT2D eigenvalue weighted by molar-refractivity contribution is 5.99. The summed E-state index contributed by atoms with van der Waals surface area (Å²) in [7, 11) is 0. The van der Waals surface area contributed by atoms with Crippen molar-refractivity contribution in [3.05, 3.63) is 54.1 Å². The van der Waals surface area contributed by atoms with Crippen LogP contribution in [0.15, 0.2) is 58.2 Å². The van der Waals surface area contributed by atoms with Gasteiger partial charge in [0, 0.05) is 24.3 Å². The zero-order chi connectivity index (χ0) is 24.8. The number of Topliss-reactive ketones (excluding diaryl/α,β-unsaturated/α-hetero) is 1. The van der Waals surface area contributed by atoms with Crippen molar-refractivity contribution in [2.75, 3.05) is 23.7 Å². The zero-order valence-corrected chi connectivity index (χ0v) is 19.3. The summed E-state index contributed by atoms with van der Waals surface area (Å²) in [6.45, 7) is 6.32. The van der Waals surface area contributed by atoms with Crippen LogP contribution in [0.25, 0.3) is 22.6 Å². The Balaban J connectivity index is 1.60. The summed E-state index contributed by atoms with van der Waals surface area (Å²) in [5.74, 6) is 0.464. The van der Waals surface area contributed by atoms with E-state index in [0.29, 0.717) is 47.2 Å². The van der Waals surface area contributed by atoms with Crippen molar-refractivity contribution in [3.8, 4) is 11.5 Å². The van der Waals surface area contributed by atoms with Crippen LogP contribution in [0, 0.1) is 0 Å². The SMILES string of the molecule is C=NCCCNc1nonc1-c1nc2ccccc2n1CC(=O)c1ccc(NC(=O)[C@H](C)N)cc1. The molecule has 0 aliphatic carbocycles. The summed E-state index contributed by atoms with van der Waals surface area (Å²) in [6, 6.07) is 13.6. The minimum Gasteiger partial charge on any atom is -0.365 e. The molecule has 0 saturated heterocycles. The molecule has 0 spiro atoms. The van der Waals surface area contributed by atoms with Gasteiger partial charge in [0.1, 0.15) is 0 Å². The minimum absolute atomic E-state index is 0.0219. The maximum absolute atomic E-state index is 13.2. The Kier molecular flexibility index (Phi) is 7.27. The first-order chi connectivity index (χ1) is 17.0. The van der Waals surface area contributed by atoms with E-state index in [4.69, 9.17) is 15.3 Å². The molecule has 2 heterocycles. The van der Waals surface area contributed by atoms with Gasteiger partial charge < -0.3 is 25.9 Å². The van der Waals surface area contributed by atoms with Crippen LogP contribution in [-0.4, -0.2) is 57.4 Å². The number of amides is 1. The summed E-state index contributed by atoms with van der Waals surface area (Å²) in [5.41, 5.74) is 8.54. The number of imidazole rings is 1. The van der Waals surface area contributed by atoms with Crippen LogP contribution < -0.4 is 16.4 Å². The van der Waals surface area contributed by atoms with E-state index < -0.39 is 6.04 Å². The van der Waals surface area contributed by atoms with E-state index in [0.717, 1.165) is 11.9 Å². The van der Waals surface area contributed by atoms with Gasteiger partial charge in [-0.15, -0.1) is 0 Å². The largest absolute Gasteiger partial charge is 0.365 e. The number of anilines is 2. The first-order valence-corrected chi connectivity index (χ1v) is 11.1. The molecule has 0 unspecified atom stereocenters. The molecular weight excluding hydrogens is 448 g/mol. The van der Waals surface area contributed by atoms with Crippen LogP contribution >= 0.6 is 0 Å². The van der Waals surface area contributed by atoms with Crippen molar-refractivity contribution in [2.24, 2.45) is 10.7 Å². The molecule has 2 aromatic heterocycles. The van der Waals surface area contributed by atoms with E-state index in [1.165, 1.54) is 0 Å². The normalized spacial score (nSPS) is 11.8. The van der Waals surface area contributed by atoms with Gasteiger partial charge >= 0.3 is 0 Å². The summed E-state index contributed by atoms with van der Waals surface area (Å²) < 4.78 is 6.77. The zero-order valence-electron chi connectivity index (χ0n) is 19.3.